The van der Waals surface area contributed by atoms with Gasteiger partial charge in [0.25, 0.3) is 5.69 Å². The maximum atomic E-state index is 10.9. The van der Waals surface area contributed by atoms with Gasteiger partial charge in [0.05, 0.1) is 11.1 Å². The zero-order chi connectivity index (χ0) is 15.2. The molecule has 2 aromatic rings. The summed E-state index contributed by atoms with van der Waals surface area (Å²) < 4.78 is 6.03. The summed E-state index contributed by atoms with van der Waals surface area (Å²) in [5, 5.41) is 10.9. The molecule has 0 aliphatic carbocycles. The van der Waals surface area contributed by atoms with Crippen molar-refractivity contribution in [2.24, 2.45) is 5.73 Å². The summed E-state index contributed by atoms with van der Waals surface area (Å²) in [4.78, 5) is 14.7. The Morgan fingerprint density at radius 1 is 1.33 bits per heavy atom. The van der Waals surface area contributed by atoms with Crippen molar-refractivity contribution < 1.29 is 9.66 Å². The van der Waals surface area contributed by atoms with Gasteiger partial charge in [-0.1, -0.05) is 12.1 Å². The number of nitrogens with two attached hydrogens (primary N) is 1. The second-order valence-electron chi connectivity index (χ2n) is 4.32. The number of nitro groups is 1. The predicted octanol–water partition coefficient (Wildman–Crippen LogP) is 2.83. The van der Waals surface area contributed by atoms with E-state index in [-0.39, 0.29) is 12.3 Å². The van der Waals surface area contributed by atoms with Crippen molar-refractivity contribution in [3.05, 3.63) is 62.4 Å². The average Bonchev–Trinajstić information content (AvgIpc) is 2.48. The van der Waals surface area contributed by atoms with Crippen molar-refractivity contribution in [2.75, 3.05) is 6.54 Å². The van der Waals surface area contributed by atoms with Gasteiger partial charge in [-0.3, -0.25) is 15.1 Å². The summed E-state index contributed by atoms with van der Waals surface area (Å²) in [5.41, 5.74) is 7.09. The van der Waals surface area contributed by atoms with E-state index < -0.39 is 4.92 Å². The molecule has 0 spiro atoms. The smallest absolute Gasteiger partial charge is 0.283 e. The van der Waals surface area contributed by atoms with Crippen LogP contribution in [0, 0.1) is 10.1 Å². The van der Waals surface area contributed by atoms with Crippen LogP contribution in [0.2, 0.25) is 0 Å². The third-order valence-electron chi connectivity index (χ3n) is 2.85. The maximum absolute atomic E-state index is 10.9. The molecule has 1 heterocycles. The molecule has 0 saturated carbocycles. The molecule has 7 heteroatoms. The molecule has 2 rings (SSSR count). The minimum atomic E-state index is -0.434. The van der Waals surface area contributed by atoms with Gasteiger partial charge in [-0.2, -0.15) is 0 Å². The van der Waals surface area contributed by atoms with E-state index in [4.69, 9.17) is 10.5 Å². The highest BCUT2D eigenvalue weighted by Crippen LogP contribution is 2.29. The normalized spacial score (nSPS) is 10.4. The molecule has 0 bridgehead atoms. The number of halogens is 1. The van der Waals surface area contributed by atoms with E-state index in [0.717, 1.165) is 12.1 Å². The molecule has 2 N–H and O–H groups in total. The van der Waals surface area contributed by atoms with Crippen LogP contribution in [0.15, 0.2) is 41.0 Å². The standard InChI is InChI=1S/C14H14BrN3O3/c15-14-10(2-1-3-13(14)18(19)20)9-21-12-5-4-11(6-7-16)17-8-12/h1-5,8H,6-7,9,16H2. The largest absolute Gasteiger partial charge is 0.487 e. The zero-order valence-corrected chi connectivity index (χ0v) is 12.7. The van der Waals surface area contributed by atoms with Gasteiger partial charge in [-0.25, -0.2) is 0 Å². The Balaban J connectivity index is 2.06. The van der Waals surface area contributed by atoms with Crippen LogP contribution < -0.4 is 10.5 Å². The number of hydrogen-bond acceptors (Lipinski definition) is 5. The van der Waals surface area contributed by atoms with E-state index in [0.29, 0.717) is 22.3 Å². The Kier molecular flexibility index (Phi) is 5.24. The summed E-state index contributed by atoms with van der Waals surface area (Å²) in [7, 11) is 0. The van der Waals surface area contributed by atoms with Gasteiger partial charge in [0, 0.05) is 23.7 Å². The highest BCUT2D eigenvalue weighted by atomic mass is 79.9. The van der Waals surface area contributed by atoms with Gasteiger partial charge >= 0.3 is 0 Å². The highest BCUT2D eigenvalue weighted by molar-refractivity contribution is 9.10. The van der Waals surface area contributed by atoms with Gasteiger partial charge in [0.15, 0.2) is 0 Å². The molecular formula is C14H14BrN3O3. The van der Waals surface area contributed by atoms with E-state index in [2.05, 4.69) is 20.9 Å². The summed E-state index contributed by atoms with van der Waals surface area (Å²) in [5.74, 6) is 0.606. The first-order chi connectivity index (χ1) is 10.1. The topological polar surface area (TPSA) is 91.3 Å². The van der Waals surface area contributed by atoms with E-state index in [9.17, 15) is 10.1 Å². The molecule has 21 heavy (non-hydrogen) atoms. The predicted molar refractivity (Wildman–Crippen MR) is 82.1 cm³/mol. The van der Waals surface area contributed by atoms with Crippen molar-refractivity contribution in [2.45, 2.75) is 13.0 Å². The minimum Gasteiger partial charge on any atom is -0.487 e. The number of pyridine rings is 1. The summed E-state index contributed by atoms with van der Waals surface area (Å²) in [6.07, 6.45) is 2.34. The number of aromatic nitrogens is 1. The molecule has 6 nitrogen and oxygen atoms in total. The molecule has 0 fully saturated rings. The third-order valence-corrected chi connectivity index (χ3v) is 3.76. The molecule has 0 amide bonds. The Morgan fingerprint density at radius 3 is 2.76 bits per heavy atom. The number of nitrogens with zero attached hydrogens (tertiary/aromatic N) is 2. The fourth-order valence-corrected chi connectivity index (χ4v) is 2.30. The van der Waals surface area contributed by atoms with E-state index >= 15 is 0 Å². The first kappa shape index (κ1) is 15.4. The molecule has 0 unspecified atom stereocenters. The van der Waals surface area contributed by atoms with Crippen LogP contribution >= 0.6 is 15.9 Å². The minimum absolute atomic E-state index is 0.0209. The lowest BCUT2D eigenvalue weighted by Crippen LogP contribution is -2.04. The lowest BCUT2D eigenvalue weighted by atomic mass is 10.2. The van der Waals surface area contributed by atoms with E-state index in [1.807, 2.05) is 12.1 Å². The van der Waals surface area contributed by atoms with Crippen molar-refractivity contribution >= 4 is 21.6 Å². The molecular weight excluding hydrogens is 338 g/mol. The molecule has 1 aromatic carbocycles. The second-order valence-corrected chi connectivity index (χ2v) is 5.11. The summed E-state index contributed by atoms with van der Waals surface area (Å²) in [6.45, 7) is 0.772. The van der Waals surface area contributed by atoms with Crippen LogP contribution in [-0.2, 0) is 13.0 Å². The SMILES string of the molecule is NCCc1ccc(OCc2cccc([N+](=O)[O-])c2Br)cn1. The Morgan fingerprint density at radius 2 is 2.14 bits per heavy atom. The van der Waals surface area contributed by atoms with Crippen LogP contribution in [-0.4, -0.2) is 16.5 Å². The first-order valence-corrected chi connectivity index (χ1v) is 7.10. The molecule has 0 atom stereocenters. The van der Waals surface area contributed by atoms with Gasteiger partial charge in [0.1, 0.15) is 16.8 Å². The van der Waals surface area contributed by atoms with Crippen molar-refractivity contribution in [3.63, 3.8) is 0 Å². The molecule has 0 saturated heterocycles. The number of hydrogen-bond donors (Lipinski definition) is 1. The van der Waals surface area contributed by atoms with Gasteiger partial charge < -0.3 is 10.5 Å². The average molecular weight is 352 g/mol. The number of nitro benzene ring substituents is 1. The molecule has 0 aliphatic rings. The molecule has 0 aliphatic heterocycles. The Bertz CT molecular complexity index is 632. The van der Waals surface area contributed by atoms with E-state index in [1.54, 1.807) is 18.3 Å². The molecule has 1 aromatic heterocycles. The fraction of sp³-hybridized carbons (Fsp3) is 0.214. The Labute approximate surface area is 130 Å². The van der Waals surface area contributed by atoms with Gasteiger partial charge in [-0.05, 0) is 34.6 Å². The zero-order valence-electron chi connectivity index (χ0n) is 11.2. The number of ether oxygens (including phenoxy) is 1. The lowest BCUT2D eigenvalue weighted by molar-refractivity contribution is -0.385. The second kappa shape index (κ2) is 7.14. The van der Waals surface area contributed by atoms with Gasteiger partial charge in [0.2, 0.25) is 0 Å². The quantitative estimate of drug-likeness (QED) is 0.638. The summed E-state index contributed by atoms with van der Waals surface area (Å²) in [6, 6.07) is 8.50. The fourth-order valence-electron chi connectivity index (χ4n) is 1.77. The van der Waals surface area contributed by atoms with Crippen molar-refractivity contribution in [1.82, 2.24) is 4.98 Å². The lowest BCUT2D eigenvalue weighted by Gasteiger charge is -2.08. The highest BCUT2D eigenvalue weighted by Gasteiger charge is 2.15. The Hall–Kier alpha value is -1.99. The van der Waals surface area contributed by atoms with Gasteiger partial charge in [-0.15, -0.1) is 0 Å². The van der Waals surface area contributed by atoms with E-state index in [1.165, 1.54) is 6.07 Å². The van der Waals surface area contributed by atoms with Crippen LogP contribution in [0.4, 0.5) is 5.69 Å². The van der Waals surface area contributed by atoms with Crippen LogP contribution in [0.1, 0.15) is 11.3 Å². The molecule has 0 radical (unpaired) electrons. The monoisotopic (exact) mass is 351 g/mol. The van der Waals surface area contributed by atoms with Crippen molar-refractivity contribution in [3.8, 4) is 5.75 Å². The maximum Gasteiger partial charge on any atom is 0.283 e. The van der Waals surface area contributed by atoms with Crippen molar-refractivity contribution in [1.29, 1.82) is 0 Å². The first-order valence-electron chi connectivity index (χ1n) is 6.31. The summed E-state index contributed by atoms with van der Waals surface area (Å²) >= 11 is 3.24. The number of benzene rings is 1. The number of rotatable bonds is 6. The van der Waals surface area contributed by atoms with Crippen LogP contribution in [0.25, 0.3) is 0 Å². The molecule has 110 valence electrons. The third kappa shape index (κ3) is 3.99. The van der Waals surface area contributed by atoms with Crippen LogP contribution in [0.5, 0.6) is 5.75 Å². The van der Waals surface area contributed by atoms with Crippen LogP contribution in [0.3, 0.4) is 0 Å².